The zero-order chi connectivity index (χ0) is 13.4. The molecule has 100 valence electrons. The van der Waals surface area contributed by atoms with E-state index in [0.29, 0.717) is 18.8 Å². The van der Waals surface area contributed by atoms with Crippen molar-refractivity contribution in [1.82, 2.24) is 4.90 Å². The van der Waals surface area contributed by atoms with Gasteiger partial charge < -0.3 is 14.9 Å². The average Bonchev–Trinajstić information content (AvgIpc) is 2.35. The Hall–Kier alpha value is -1.43. The lowest BCUT2D eigenvalue weighted by Gasteiger charge is -2.16. The summed E-state index contributed by atoms with van der Waals surface area (Å²) in [6.07, 6.45) is 0. The zero-order valence-electron chi connectivity index (χ0n) is 10.5. The summed E-state index contributed by atoms with van der Waals surface area (Å²) in [5.41, 5.74) is 1.36. The Morgan fingerprint density at radius 2 is 1.94 bits per heavy atom. The van der Waals surface area contributed by atoms with Crippen LogP contribution in [0.3, 0.4) is 0 Å². The number of ether oxygens (including phenoxy) is 1. The van der Waals surface area contributed by atoms with Crippen molar-refractivity contribution < 1.29 is 19.7 Å². The molecule has 0 bridgehead atoms. The maximum Gasteiger partial charge on any atom is 0.335 e. The molecule has 2 N–H and O–H groups in total. The Kier molecular flexibility index (Phi) is 6.35. The van der Waals surface area contributed by atoms with E-state index < -0.39 is 5.97 Å². The molecule has 0 aliphatic heterocycles. The van der Waals surface area contributed by atoms with Crippen molar-refractivity contribution in [3.8, 4) is 0 Å². The van der Waals surface area contributed by atoms with Gasteiger partial charge in [-0.15, -0.1) is 0 Å². The highest BCUT2D eigenvalue weighted by Gasteiger charge is 2.03. The molecule has 0 heterocycles. The van der Waals surface area contributed by atoms with E-state index in [4.69, 9.17) is 14.9 Å². The fourth-order valence-corrected chi connectivity index (χ4v) is 1.53. The van der Waals surface area contributed by atoms with Gasteiger partial charge in [0.25, 0.3) is 0 Å². The molecule has 1 aromatic carbocycles. The quantitative estimate of drug-likeness (QED) is 0.671. The third-order valence-corrected chi connectivity index (χ3v) is 2.51. The number of aliphatic hydroxyl groups excluding tert-OH is 1. The van der Waals surface area contributed by atoms with E-state index in [9.17, 15) is 4.79 Å². The molecule has 0 fully saturated rings. The second-order valence-electron chi connectivity index (χ2n) is 4.08. The van der Waals surface area contributed by atoms with Gasteiger partial charge in [-0.1, -0.05) is 12.1 Å². The molecule has 0 spiro atoms. The molecule has 0 saturated heterocycles. The normalized spacial score (nSPS) is 10.8. The first kappa shape index (κ1) is 14.6. The molecular formula is C13H19NO4. The Bertz CT molecular complexity index is 364. The Balaban J connectivity index is 2.35. The molecule has 0 aliphatic carbocycles. The van der Waals surface area contributed by atoms with Crippen molar-refractivity contribution in [2.45, 2.75) is 6.54 Å². The molecule has 0 radical (unpaired) electrons. The van der Waals surface area contributed by atoms with Crippen LogP contribution in [0.1, 0.15) is 15.9 Å². The highest BCUT2D eigenvalue weighted by molar-refractivity contribution is 5.87. The number of nitrogens with zero attached hydrogens (tertiary/aromatic N) is 1. The number of carboxylic acid groups (broad SMARTS) is 1. The fraction of sp³-hybridized carbons (Fsp3) is 0.462. The zero-order valence-corrected chi connectivity index (χ0v) is 10.5. The number of likely N-dealkylation sites (N-methyl/N-ethyl adjacent to an activating group) is 1. The number of benzene rings is 1. The Labute approximate surface area is 107 Å². The number of hydrogen-bond donors (Lipinski definition) is 2. The minimum absolute atomic E-state index is 0.0420. The molecule has 0 atom stereocenters. The number of hydrogen-bond acceptors (Lipinski definition) is 4. The van der Waals surface area contributed by atoms with E-state index in [-0.39, 0.29) is 6.61 Å². The van der Waals surface area contributed by atoms with Crippen molar-refractivity contribution in [2.75, 3.05) is 33.4 Å². The van der Waals surface area contributed by atoms with Crippen molar-refractivity contribution in [1.29, 1.82) is 0 Å². The smallest absolute Gasteiger partial charge is 0.335 e. The van der Waals surface area contributed by atoms with Crippen LogP contribution in [0.4, 0.5) is 0 Å². The van der Waals surface area contributed by atoms with E-state index in [2.05, 4.69) is 4.90 Å². The van der Waals surface area contributed by atoms with Crippen LogP contribution < -0.4 is 0 Å². The minimum atomic E-state index is -0.910. The number of carboxylic acids is 1. The van der Waals surface area contributed by atoms with Crippen LogP contribution in [0.25, 0.3) is 0 Å². The monoisotopic (exact) mass is 253 g/mol. The summed E-state index contributed by atoms with van der Waals surface area (Å²) in [6, 6.07) is 6.84. The van der Waals surface area contributed by atoms with E-state index >= 15 is 0 Å². The molecule has 0 amide bonds. The Morgan fingerprint density at radius 1 is 1.28 bits per heavy atom. The predicted molar refractivity (Wildman–Crippen MR) is 67.6 cm³/mol. The second kappa shape index (κ2) is 7.81. The molecule has 5 nitrogen and oxygen atoms in total. The van der Waals surface area contributed by atoms with Crippen LogP contribution in [0.2, 0.25) is 0 Å². The summed E-state index contributed by atoms with van der Waals surface area (Å²) in [5.74, 6) is -0.910. The molecule has 18 heavy (non-hydrogen) atoms. The summed E-state index contributed by atoms with van der Waals surface area (Å²) < 4.78 is 5.17. The lowest BCUT2D eigenvalue weighted by atomic mass is 10.1. The van der Waals surface area contributed by atoms with Crippen molar-refractivity contribution in [2.24, 2.45) is 0 Å². The van der Waals surface area contributed by atoms with Crippen LogP contribution >= 0.6 is 0 Å². The van der Waals surface area contributed by atoms with E-state index in [1.54, 1.807) is 12.1 Å². The number of aromatic carboxylic acids is 1. The van der Waals surface area contributed by atoms with Gasteiger partial charge in [-0.3, -0.25) is 4.90 Å². The molecule has 1 rings (SSSR count). The molecule has 0 unspecified atom stereocenters. The van der Waals surface area contributed by atoms with Gasteiger partial charge in [0.1, 0.15) is 0 Å². The molecule has 0 saturated carbocycles. The third kappa shape index (κ3) is 5.27. The van der Waals surface area contributed by atoms with E-state index in [1.807, 2.05) is 19.2 Å². The van der Waals surface area contributed by atoms with Crippen molar-refractivity contribution in [3.63, 3.8) is 0 Å². The van der Waals surface area contributed by atoms with Gasteiger partial charge in [-0.2, -0.15) is 0 Å². The van der Waals surface area contributed by atoms with E-state index in [0.717, 1.165) is 18.7 Å². The van der Waals surface area contributed by atoms with Gasteiger partial charge in [0.05, 0.1) is 25.4 Å². The largest absolute Gasteiger partial charge is 0.478 e. The van der Waals surface area contributed by atoms with Gasteiger partial charge >= 0.3 is 5.97 Å². The topological polar surface area (TPSA) is 70.0 Å². The fourth-order valence-electron chi connectivity index (χ4n) is 1.53. The lowest BCUT2D eigenvalue weighted by molar-refractivity contribution is 0.0697. The highest BCUT2D eigenvalue weighted by atomic mass is 16.5. The van der Waals surface area contributed by atoms with Crippen LogP contribution in [0, 0.1) is 0 Å². The number of rotatable bonds is 8. The van der Waals surface area contributed by atoms with Gasteiger partial charge in [-0.05, 0) is 24.7 Å². The summed E-state index contributed by atoms with van der Waals surface area (Å²) >= 11 is 0. The first-order valence-electron chi connectivity index (χ1n) is 5.83. The summed E-state index contributed by atoms with van der Waals surface area (Å²) in [6.45, 7) is 2.48. The van der Waals surface area contributed by atoms with Crippen LogP contribution in [-0.2, 0) is 11.3 Å². The maximum atomic E-state index is 10.7. The van der Waals surface area contributed by atoms with Crippen molar-refractivity contribution in [3.05, 3.63) is 35.4 Å². The van der Waals surface area contributed by atoms with Crippen molar-refractivity contribution >= 4 is 5.97 Å². The standard InChI is InChI=1S/C13H19NO4/c1-14(6-8-18-9-7-15)10-11-2-4-12(5-3-11)13(16)17/h2-5,15H,6-10H2,1H3,(H,16,17). The average molecular weight is 253 g/mol. The molecular weight excluding hydrogens is 234 g/mol. The van der Waals surface area contributed by atoms with Gasteiger partial charge in [-0.25, -0.2) is 4.79 Å². The highest BCUT2D eigenvalue weighted by Crippen LogP contribution is 2.06. The lowest BCUT2D eigenvalue weighted by Crippen LogP contribution is -2.23. The summed E-state index contributed by atoms with van der Waals surface area (Å²) in [5, 5.41) is 17.3. The first-order valence-corrected chi connectivity index (χ1v) is 5.83. The summed E-state index contributed by atoms with van der Waals surface area (Å²) in [7, 11) is 1.97. The third-order valence-electron chi connectivity index (χ3n) is 2.51. The SMILES string of the molecule is CN(CCOCCO)Cc1ccc(C(=O)O)cc1. The predicted octanol–water partition coefficient (Wildman–Crippen LogP) is 0.825. The number of aliphatic hydroxyl groups is 1. The Morgan fingerprint density at radius 3 is 2.50 bits per heavy atom. The van der Waals surface area contributed by atoms with E-state index in [1.165, 1.54) is 0 Å². The van der Waals surface area contributed by atoms with Crippen LogP contribution in [0.15, 0.2) is 24.3 Å². The van der Waals surface area contributed by atoms with Gasteiger partial charge in [0, 0.05) is 13.1 Å². The second-order valence-corrected chi connectivity index (χ2v) is 4.08. The summed E-state index contributed by atoms with van der Waals surface area (Å²) in [4.78, 5) is 12.8. The van der Waals surface area contributed by atoms with Gasteiger partial charge in [0.2, 0.25) is 0 Å². The number of carbonyl (C=O) groups is 1. The first-order chi connectivity index (χ1) is 8.63. The molecule has 5 heteroatoms. The maximum absolute atomic E-state index is 10.7. The molecule has 0 aliphatic rings. The minimum Gasteiger partial charge on any atom is -0.478 e. The van der Waals surface area contributed by atoms with Gasteiger partial charge in [0.15, 0.2) is 0 Å². The van der Waals surface area contributed by atoms with Crippen LogP contribution in [0.5, 0.6) is 0 Å². The molecule has 1 aromatic rings. The molecule has 0 aromatic heterocycles. The van der Waals surface area contributed by atoms with Crippen LogP contribution in [-0.4, -0.2) is 54.5 Å².